The Kier molecular flexibility index (Phi) is 4.60. The highest BCUT2D eigenvalue weighted by Crippen LogP contribution is 2.24. The Morgan fingerprint density at radius 3 is 2.55 bits per heavy atom. The van der Waals surface area contributed by atoms with Crippen LogP contribution in [-0.4, -0.2) is 45.3 Å². The lowest BCUT2D eigenvalue weighted by molar-refractivity contribution is 0.0221. The van der Waals surface area contributed by atoms with E-state index in [1.54, 1.807) is 4.90 Å². The largest absolute Gasteiger partial charge is 0.444 e. The number of primary amides is 1. The van der Waals surface area contributed by atoms with Crippen molar-refractivity contribution >= 4 is 23.8 Å². The molecule has 0 saturated heterocycles. The molecule has 2 N–H and O–H groups in total. The number of amides is 2. The van der Waals surface area contributed by atoms with Crippen molar-refractivity contribution < 1.29 is 14.3 Å². The molecule has 0 atom stereocenters. The monoisotopic (exact) mass is 324 g/mol. The zero-order chi connectivity index (χ0) is 16.5. The highest BCUT2D eigenvalue weighted by Gasteiger charge is 2.29. The van der Waals surface area contributed by atoms with Gasteiger partial charge < -0.3 is 15.4 Å². The first-order chi connectivity index (χ1) is 10.2. The van der Waals surface area contributed by atoms with Crippen LogP contribution in [0, 0.1) is 0 Å². The lowest BCUT2D eigenvalue weighted by atomic mass is 10.0. The predicted octanol–water partition coefficient (Wildman–Crippen LogP) is 1.59. The quantitative estimate of drug-likeness (QED) is 0.655. The van der Waals surface area contributed by atoms with Gasteiger partial charge in [0.2, 0.25) is 0 Å². The Balaban J connectivity index is 2.29. The normalized spacial score (nSPS) is 14.5. The Morgan fingerprint density at radius 2 is 2.00 bits per heavy atom. The van der Waals surface area contributed by atoms with Gasteiger partial charge >= 0.3 is 6.09 Å². The number of nitrogens with two attached hydrogens (primary N) is 1. The molecule has 1 aliphatic heterocycles. The average Bonchev–Trinajstić information content (AvgIpc) is 2.43. The van der Waals surface area contributed by atoms with Gasteiger partial charge in [-0.1, -0.05) is 11.8 Å². The highest BCUT2D eigenvalue weighted by atomic mass is 32.2. The number of hydrogen-bond donors (Lipinski definition) is 1. The summed E-state index contributed by atoms with van der Waals surface area (Å²) in [4.78, 5) is 33.9. The number of hydrogen-bond acceptors (Lipinski definition) is 6. The molecular weight excluding hydrogens is 304 g/mol. The minimum Gasteiger partial charge on any atom is -0.444 e. The van der Waals surface area contributed by atoms with Gasteiger partial charge in [-0.3, -0.25) is 4.79 Å². The third-order valence-electron chi connectivity index (χ3n) is 3.11. The van der Waals surface area contributed by atoms with Crippen LogP contribution in [0.3, 0.4) is 0 Å². The van der Waals surface area contributed by atoms with Gasteiger partial charge in [-0.05, 0) is 27.0 Å². The van der Waals surface area contributed by atoms with E-state index in [4.69, 9.17) is 10.5 Å². The Hall–Kier alpha value is -1.83. The van der Waals surface area contributed by atoms with Crippen molar-refractivity contribution in [1.82, 2.24) is 14.9 Å². The molecule has 2 heterocycles. The second kappa shape index (κ2) is 6.12. The molecular formula is C14H20N4O3S. The van der Waals surface area contributed by atoms with Crippen molar-refractivity contribution in [3.05, 3.63) is 17.0 Å². The Labute approximate surface area is 133 Å². The van der Waals surface area contributed by atoms with Crippen LogP contribution in [0.25, 0.3) is 0 Å². The molecule has 2 amide bonds. The van der Waals surface area contributed by atoms with E-state index >= 15 is 0 Å². The van der Waals surface area contributed by atoms with Crippen LogP contribution in [0.5, 0.6) is 0 Å². The summed E-state index contributed by atoms with van der Waals surface area (Å²) >= 11 is 1.35. The molecule has 120 valence electrons. The minimum atomic E-state index is -0.611. The van der Waals surface area contributed by atoms with Crippen LogP contribution in [0.4, 0.5) is 4.79 Å². The number of aromatic nitrogens is 2. The summed E-state index contributed by atoms with van der Waals surface area (Å²) in [6.07, 6.45) is 1.97. The van der Waals surface area contributed by atoms with Crippen LogP contribution < -0.4 is 5.73 Å². The maximum Gasteiger partial charge on any atom is 0.410 e. The van der Waals surface area contributed by atoms with Gasteiger partial charge in [-0.2, -0.15) is 0 Å². The molecule has 22 heavy (non-hydrogen) atoms. The van der Waals surface area contributed by atoms with E-state index in [1.807, 2.05) is 27.0 Å². The van der Waals surface area contributed by atoms with Gasteiger partial charge in [0.1, 0.15) is 11.3 Å². The van der Waals surface area contributed by atoms with Crippen molar-refractivity contribution in [2.75, 3.05) is 12.8 Å². The van der Waals surface area contributed by atoms with Crippen LogP contribution in [-0.2, 0) is 17.7 Å². The van der Waals surface area contributed by atoms with E-state index in [1.165, 1.54) is 11.8 Å². The molecule has 8 heteroatoms. The standard InChI is InChI=1S/C14H20N4O3S/c1-14(2,3)21-13(20)18-6-5-9-8(7-18)10(11(15)19)17-12(16-9)22-4/h5-7H2,1-4H3,(H2,15,19). The van der Waals surface area contributed by atoms with Gasteiger partial charge in [-0.15, -0.1) is 0 Å². The third-order valence-corrected chi connectivity index (χ3v) is 3.66. The maximum absolute atomic E-state index is 12.2. The molecule has 0 fully saturated rings. The molecule has 1 aromatic rings. The summed E-state index contributed by atoms with van der Waals surface area (Å²) in [6.45, 7) is 6.16. The fraction of sp³-hybridized carbons (Fsp3) is 0.571. The van der Waals surface area contributed by atoms with E-state index in [0.717, 1.165) is 5.69 Å². The molecule has 0 spiro atoms. The Morgan fingerprint density at radius 1 is 1.32 bits per heavy atom. The molecule has 0 bridgehead atoms. The first-order valence-corrected chi connectivity index (χ1v) is 8.15. The summed E-state index contributed by atoms with van der Waals surface area (Å²) in [5.74, 6) is -0.611. The summed E-state index contributed by atoms with van der Waals surface area (Å²) in [5, 5.41) is 0.512. The molecule has 0 aliphatic carbocycles. The van der Waals surface area contributed by atoms with Crippen LogP contribution in [0.1, 0.15) is 42.5 Å². The number of thioether (sulfide) groups is 1. The number of ether oxygens (including phenoxy) is 1. The molecule has 0 unspecified atom stereocenters. The fourth-order valence-electron chi connectivity index (χ4n) is 2.17. The maximum atomic E-state index is 12.2. The Bertz CT molecular complexity index is 613. The molecule has 7 nitrogen and oxygen atoms in total. The molecule has 2 rings (SSSR count). The molecule has 0 saturated carbocycles. The number of fused-ring (bicyclic) bond motifs is 1. The van der Waals surface area contributed by atoms with Crippen LogP contribution in [0.15, 0.2) is 5.16 Å². The summed E-state index contributed by atoms with van der Waals surface area (Å²) < 4.78 is 5.36. The minimum absolute atomic E-state index is 0.183. The van der Waals surface area contributed by atoms with Crippen LogP contribution >= 0.6 is 11.8 Å². The molecule has 1 aromatic heterocycles. The van der Waals surface area contributed by atoms with E-state index in [9.17, 15) is 9.59 Å². The smallest absolute Gasteiger partial charge is 0.410 e. The van der Waals surface area contributed by atoms with Crippen LogP contribution in [0.2, 0.25) is 0 Å². The lowest BCUT2D eigenvalue weighted by Gasteiger charge is -2.31. The van der Waals surface area contributed by atoms with Gasteiger partial charge in [0.15, 0.2) is 5.16 Å². The summed E-state index contributed by atoms with van der Waals surface area (Å²) in [6, 6.07) is 0. The zero-order valence-corrected chi connectivity index (χ0v) is 14.0. The number of carbonyl (C=O) groups excluding carboxylic acids is 2. The predicted molar refractivity (Wildman–Crippen MR) is 82.7 cm³/mol. The summed E-state index contributed by atoms with van der Waals surface area (Å²) in [7, 11) is 0. The fourth-order valence-corrected chi connectivity index (χ4v) is 2.55. The van der Waals surface area contributed by atoms with Crippen molar-refractivity contribution in [3.63, 3.8) is 0 Å². The SMILES string of the molecule is CSc1nc2c(c(C(N)=O)n1)CN(C(=O)OC(C)(C)C)CC2. The highest BCUT2D eigenvalue weighted by molar-refractivity contribution is 7.98. The second-order valence-corrected chi connectivity index (χ2v) is 6.77. The third kappa shape index (κ3) is 3.68. The van der Waals surface area contributed by atoms with E-state index in [-0.39, 0.29) is 12.2 Å². The summed E-state index contributed by atoms with van der Waals surface area (Å²) in [5.41, 5.74) is 6.41. The van der Waals surface area contributed by atoms with Gasteiger partial charge in [0.25, 0.3) is 5.91 Å². The second-order valence-electron chi connectivity index (χ2n) is 6.00. The van der Waals surface area contributed by atoms with E-state index < -0.39 is 17.6 Å². The first kappa shape index (κ1) is 16.5. The zero-order valence-electron chi connectivity index (χ0n) is 13.2. The van der Waals surface area contributed by atoms with Gasteiger partial charge in [-0.25, -0.2) is 14.8 Å². The molecule has 1 aliphatic rings. The van der Waals surface area contributed by atoms with E-state index in [2.05, 4.69) is 9.97 Å². The van der Waals surface area contributed by atoms with Crippen molar-refractivity contribution in [2.24, 2.45) is 5.73 Å². The molecule has 0 aromatic carbocycles. The average molecular weight is 324 g/mol. The number of carbonyl (C=O) groups is 2. The first-order valence-electron chi connectivity index (χ1n) is 6.93. The molecule has 0 radical (unpaired) electrons. The van der Waals surface area contributed by atoms with Crippen molar-refractivity contribution in [1.29, 1.82) is 0 Å². The van der Waals surface area contributed by atoms with Gasteiger partial charge in [0, 0.05) is 18.5 Å². The van der Waals surface area contributed by atoms with E-state index in [0.29, 0.717) is 23.7 Å². The topological polar surface area (TPSA) is 98.4 Å². The van der Waals surface area contributed by atoms with Crippen molar-refractivity contribution in [2.45, 2.75) is 44.5 Å². The van der Waals surface area contributed by atoms with Gasteiger partial charge in [0.05, 0.1) is 12.2 Å². The van der Waals surface area contributed by atoms with Crippen molar-refractivity contribution in [3.8, 4) is 0 Å². The number of nitrogens with zero attached hydrogens (tertiary/aromatic N) is 3. The number of rotatable bonds is 2. The lowest BCUT2D eigenvalue weighted by Crippen LogP contribution is -2.41.